The topological polar surface area (TPSA) is 91.0 Å². The molecule has 1 unspecified atom stereocenters. The monoisotopic (exact) mass is 202 g/mol. The maximum atomic E-state index is 11.3. The fourth-order valence-corrected chi connectivity index (χ4v) is 0.941. The smallest absolute Gasteiger partial charge is 0.238 e. The Morgan fingerprint density at radius 1 is 1.64 bits per heavy atom. The summed E-state index contributed by atoms with van der Waals surface area (Å²) in [6.45, 7) is 2.28. The minimum Gasteiger partial charge on any atom is -0.409 e. The zero-order valence-electron chi connectivity index (χ0n) is 8.82. The molecule has 0 bridgehead atoms. The standard InChI is InChI=1S/C8H18N4O2/c1-6(8(13)12(2)3)10-5-4-7(9)11-14/h6,10,14H,4-5H2,1-3H3,(H2,9,11). The highest BCUT2D eigenvalue weighted by Gasteiger charge is 2.13. The first kappa shape index (κ1) is 12.7. The first-order valence-electron chi connectivity index (χ1n) is 4.40. The Morgan fingerprint density at radius 2 is 2.21 bits per heavy atom. The zero-order valence-corrected chi connectivity index (χ0v) is 8.82. The second-order valence-electron chi connectivity index (χ2n) is 3.25. The van der Waals surface area contributed by atoms with Gasteiger partial charge in [-0.1, -0.05) is 5.16 Å². The maximum absolute atomic E-state index is 11.3. The van der Waals surface area contributed by atoms with Crippen LogP contribution >= 0.6 is 0 Å². The van der Waals surface area contributed by atoms with Crippen molar-refractivity contribution in [2.45, 2.75) is 19.4 Å². The van der Waals surface area contributed by atoms with Gasteiger partial charge in [-0.25, -0.2) is 0 Å². The Hall–Kier alpha value is -1.30. The van der Waals surface area contributed by atoms with Gasteiger partial charge in [0, 0.05) is 27.1 Å². The molecule has 0 saturated heterocycles. The summed E-state index contributed by atoms with van der Waals surface area (Å²) in [4.78, 5) is 12.9. The van der Waals surface area contributed by atoms with Gasteiger partial charge in [0.15, 0.2) is 0 Å². The van der Waals surface area contributed by atoms with Gasteiger partial charge >= 0.3 is 0 Å². The van der Waals surface area contributed by atoms with Gasteiger partial charge in [-0.2, -0.15) is 0 Å². The number of nitrogens with zero attached hydrogens (tertiary/aromatic N) is 2. The number of nitrogens with one attached hydrogen (secondary N) is 1. The lowest BCUT2D eigenvalue weighted by Gasteiger charge is -2.17. The molecule has 82 valence electrons. The van der Waals surface area contributed by atoms with E-state index in [1.54, 1.807) is 21.0 Å². The fraction of sp³-hybridized carbons (Fsp3) is 0.750. The van der Waals surface area contributed by atoms with E-state index in [1.807, 2.05) is 0 Å². The number of nitrogens with two attached hydrogens (primary N) is 1. The normalized spacial score (nSPS) is 13.8. The molecule has 0 rings (SSSR count). The predicted octanol–water partition coefficient (Wildman–Crippen LogP) is -0.811. The van der Waals surface area contributed by atoms with Crippen molar-refractivity contribution in [3.05, 3.63) is 0 Å². The quantitative estimate of drug-likeness (QED) is 0.235. The molecule has 0 aliphatic heterocycles. The van der Waals surface area contributed by atoms with Crippen LogP contribution in [-0.4, -0.2) is 48.5 Å². The maximum Gasteiger partial charge on any atom is 0.238 e. The van der Waals surface area contributed by atoms with E-state index in [4.69, 9.17) is 10.9 Å². The summed E-state index contributed by atoms with van der Waals surface area (Å²) in [5.74, 6) is 0.159. The molecule has 0 aromatic carbocycles. The highest BCUT2D eigenvalue weighted by Crippen LogP contribution is 1.88. The van der Waals surface area contributed by atoms with Crippen molar-refractivity contribution in [3.8, 4) is 0 Å². The number of amides is 1. The highest BCUT2D eigenvalue weighted by atomic mass is 16.4. The second kappa shape index (κ2) is 6.20. The number of amidine groups is 1. The van der Waals surface area contributed by atoms with Crippen LogP contribution in [-0.2, 0) is 4.79 Å². The van der Waals surface area contributed by atoms with E-state index < -0.39 is 0 Å². The molecular weight excluding hydrogens is 184 g/mol. The van der Waals surface area contributed by atoms with Crippen LogP contribution in [0.25, 0.3) is 0 Å². The molecule has 0 spiro atoms. The molecule has 1 atom stereocenters. The van der Waals surface area contributed by atoms with E-state index in [2.05, 4.69) is 10.5 Å². The lowest BCUT2D eigenvalue weighted by molar-refractivity contribution is -0.130. The van der Waals surface area contributed by atoms with Gasteiger partial charge in [0.1, 0.15) is 5.84 Å². The third-order valence-electron chi connectivity index (χ3n) is 1.77. The van der Waals surface area contributed by atoms with Crippen molar-refractivity contribution in [1.29, 1.82) is 0 Å². The van der Waals surface area contributed by atoms with Gasteiger partial charge in [-0.05, 0) is 6.92 Å². The molecule has 0 aliphatic carbocycles. The van der Waals surface area contributed by atoms with Gasteiger partial charge in [0.05, 0.1) is 6.04 Å². The van der Waals surface area contributed by atoms with Crippen molar-refractivity contribution in [1.82, 2.24) is 10.2 Å². The first-order chi connectivity index (χ1) is 6.49. The number of carbonyl (C=O) groups is 1. The molecule has 0 aromatic heterocycles. The molecule has 6 nitrogen and oxygen atoms in total. The number of hydrogen-bond donors (Lipinski definition) is 3. The van der Waals surface area contributed by atoms with Crippen molar-refractivity contribution >= 4 is 11.7 Å². The highest BCUT2D eigenvalue weighted by molar-refractivity contribution is 5.81. The van der Waals surface area contributed by atoms with Crippen LogP contribution in [0.2, 0.25) is 0 Å². The van der Waals surface area contributed by atoms with Gasteiger partial charge in [-0.15, -0.1) is 0 Å². The molecule has 1 amide bonds. The number of carbonyl (C=O) groups excluding carboxylic acids is 1. The zero-order chi connectivity index (χ0) is 11.1. The van der Waals surface area contributed by atoms with Crippen molar-refractivity contribution in [2.24, 2.45) is 10.9 Å². The average Bonchev–Trinajstić information content (AvgIpc) is 2.15. The van der Waals surface area contributed by atoms with Crippen LogP contribution < -0.4 is 11.1 Å². The van der Waals surface area contributed by atoms with Gasteiger partial charge in [0.25, 0.3) is 0 Å². The summed E-state index contributed by atoms with van der Waals surface area (Å²) in [6.07, 6.45) is 0.418. The summed E-state index contributed by atoms with van der Waals surface area (Å²) in [5, 5.41) is 14.0. The summed E-state index contributed by atoms with van der Waals surface area (Å²) in [6, 6.07) is -0.253. The molecule has 0 heterocycles. The minimum atomic E-state index is -0.253. The summed E-state index contributed by atoms with van der Waals surface area (Å²) in [5.41, 5.74) is 5.26. The third kappa shape index (κ3) is 4.66. The lowest BCUT2D eigenvalue weighted by atomic mass is 10.3. The Labute approximate surface area is 83.7 Å². The predicted molar refractivity (Wildman–Crippen MR) is 54.2 cm³/mol. The van der Waals surface area contributed by atoms with Crippen LogP contribution in [0.4, 0.5) is 0 Å². The Balaban J connectivity index is 3.75. The van der Waals surface area contributed by atoms with Gasteiger partial charge in [0.2, 0.25) is 5.91 Å². The Kier molecular flexibility index (Phi) is 5.62. The molecule has 0 aromatic rings. The molecule has 0 radical (unpaired) electrons. The molecule has 6 heteroatoms. The van der Waals surface area contributed by atoms with Crippen molar-refractivity contribution in [3.63, 3.8) is 0 Å². The first-order valence-corrected chi connectivity index (χ1v) is 4.40. The SMILES string of the molecule is CC(NCCC(N)=NO)C(=O)N(C)C. The molecule has 0 saturated carbocycles. The molecule has 0 aliphatic rings. The number of likely N-dealkylation sites (N-methyl/N-ethyl adjacent to an activating group) is 1. The van der Waals surface area contributed by atoms with Crippen LogP contribution in [0.5, 0.6) is 0 Å². The van der Waals surface area contributed by atoms with E-state index in [0.29, 0.717) is 13.0 Å². The average molecular weight is 202 g/mol. The van der Waals surface area contributed by atoms with Crippen LogP contribution in [0, 0.1) is 0 Å². The van der Waals surface area contributed by atoms with E-state index in [0.717, 1.165) is 0 Å². The lowest BCUT2D eigenvalue weighted by Crippen LogP contribution is -2.42. The summed E-state index contributed by atoms with van der Waals surface area (Å²) in [7, 11) is 3.40. The third-order valence-corrected chi connectivity index (χ3v) is 1.77. The fourth-order valence-electron chi connectivity index (χ4n) is 0.941. The van der Waals surface area contributed by atoms with Crippen LogP contribution in [0.1, 0.15) is 13.3 Å². The van der Waals surface area contributed by atoms with Crippen LogP contribution in [0.3, 0.4) is 0 Å². The van der Waals surface area contributed by atoms with E-state index in [-0.39, 0.29) is 17.8 Å². The summed E-state index contributed by atoms with van der Waals surface area (Å²) < 4.78 is 0. The molecule has 0 fully saturated rings. The Bertz CT molecular complexity index is 215. The van der Waals surface area contributed by atoms with Crippen LogP contribution in [0.15, 0.2) is 5.16 Å². The number of rotatable bonds is 5. The van der Waals surface area contributed by atoms with Crippen molar-refractivity contribution < 1.29 is 10.0 Å². The van der Waals surface area contributed by atoms with E-state index in [1.165, 1.54) is 4.90 Å². The van der Waals surface area contributed by atoms with Gasteiger partial charge < -0.3 is 21.2 Å². The largest absolute Gasteiger partial charge is 0.409 e. The Morgan fingerprint density at radius 3 is 2.64 bits per heavy atom. The molecule has 14 heavy (non-hydrogen) atoms. The minimum absolute atomic E-state index is 0.00417. The second-order valence-corrected chi connectivity index (χ2v) is 3.25. The molecule has 4 N–H and O–H groups in total. The van der Waals surface area contributed by atoms with E-state index >= 15 is 0 Å². The molecular formula is C8H18N4O2. The summed E-state index contributed by atoms with van der Waals surface area (Å²) >= 11 is 0. The van der Waals surface area contributed by atoms with Crippen molar-refractivity contribution in [2.75, 3.05) is 20.6 Å². The number of hydrogen-bond acceptors (Lipinski definition) is 4. The van der Waals surface area contributed by atoms with E-state index in [9.17, 15) is 4.79 Å². The number of oxime groups is 1. The van der Waals surface area contributed by atoms with Gasteiger partial charge in [-0.3, -0.25) is 4.79 Å².